The molecule has 1 unspecified atom stereocenters. The Labute approximate surface area is 80.0 Å². The van der Waals surface area contributed by atoms with Crippen LogP contribution in [-0.4, -0.2) is 15.5 Å². The largest absolute Gasteiger partial charge is 0.298 e. The van der Waals surface area contributed by atoms with Crippen molar-refractivity contribution in [2.75, 3.05) is 0 Å². The van der Waals surface area contributed by atoms with Crippen LogP contribution in [0, 0.1) is 11.3 Å². The number of nitriles is 1. The van der Waals surface area contributed by atoms with Crippen LogP contribution in [0.1, 0.15) is 13.3 Å². The highest BCUT2D eigenvalue weighted by Crippen LogP contribution is 2.27. The maximum atomic E-state index is 10.6. The van der Waals surface area contributed by atoms with Crippen LogP contribution in [-0.2, 0) is 4.79 Å². The second-order valence-electron chi connectivity index (χ2n) is 2.10. The maximum absolute atomic E-state index is 10.6. The van der Waals surface area contributed by atoms with E-state index in [0.29, 0.717) is 0 Å². The summed E-state index contributed by atoms with van der Waals surface area (Å²) >= 11 is 16.4. The molecule has 0 fully saturated rings. The molecule has 0 aromatic carbocycles. The fourth-order valence-electron chi connectivity index (χ4n) is 0.414. The summed E-state index contributed by atoms with van der Waals surface area (Å²) in [4.78, 5) is 10.6. The van der Waals surface area contributed by atoms with E-state index in [9.17, 15) is 4.79 Å². The summed E-state index contributed by atoms with van der Waals surface area (Å²) in [6.45, 7) is 1.32. The quantitative estimate of drug-likeness (QED) is 0.676. The van der Waals surface area contributed by atoms with Crippen LogP contribution in [0.3, 0.4) is 0 Å². The molecular weight excluding hydrogens is 208 g/mol. The summed E-state index contributed by atoms with van der Waals surface area (Å²) in [5.74, 6) is -0.243. The second-order valence-corrected chi connectivity index (χ2v) is 4.11. The average Bonchev–Trinajstić information content (AvgIpc) is 1.87. The second kappa shape index (κ2) is 4.15. The van der Waals surface area contributed by atoms with Gasteiger partial charge in [0.05, 0.1) is 5.38 Å². The van der Waals surface area contributed by atoms with Gasteiger partial charge in [0, 0.05) is 6.42 Å². The molecule has 0 aromatic heterocycles. The topological polar surface area (TPSA) is 40.9 Å². The molecular formula is C6H6Cl3NO. The van der Waals surface area contributed by atoms with Crippen LogP contribution in [0.4, 0.5) is 0 Å². The lowest BCUT2D eigenvalue weighted by Crippen LogP contribution is -2.21. The van der Waals surface area contributed by atoms with Crippen molar-refractivity contribution in [3.63, 3.8) is 0 Å². The predicted octanol–water partition coefficient (Wildman–Crippen LogP) is 2.27. The molecule has 11 heavy (non-hydrogen) atoms. The molecule has 0 heterocycles. The summed E-state index contributed by atoms with van der Waals surface area (Å²) in [6, 6.07) is 1.62. The number of nitrogens with zero attached hydrogens (tertiary/aromatic N) is 1. The molecule has 0 rings (SSSR count). The number of carbonyl (C=O) groups excluding carboxylic acids is 1. The molecule has 0 amide bonds. The monoisotopic (exact) mass is 213 g/mol. The zero-order valence-electron chi connectivity index (χ0n) is 5.77. The van der Waals surface area contributed by atoms with Crippen LogP contribution >= 0.6 is 34.8 Å². The highest BCUT2D eigenvalue weighted by Gasteiger charge is 2.28. The van der Waals surface area contributed by atoms with Crippen LogP contribution < -0.4 is 0 Å². The molecule has 0 aliphatic rings. The van der Waals surface area contributed by atoms with E-state index < -0.39 is 9.71 Å². The Bertz CT molecular complexity index is 196. The summed E-state index contributed by atoms with van der Waals surface area (Å²) in [5.41, 5.74) is 0. The van der Waals surface area contributed by atoms with E-state index in [0.717, 1.165) is 0 Å². The highest BCUT2D eigenvalue weighted by atomic mass is 35.5. The van der Waals surface area contributed by atoms with Gasteiger partial charge in [0.2, 0.25) is 4.33 Å². The first-order valence-corrected chi connectivity index (χ1v) is 4.02. The summed E-state index contributed by atoms with van der Waals surface area (Å²) in [7, 11) is 0. The van der Waals surface area contributed by atoms with Gasteiger partial charge in [0.15, 0.2) is 0 Å². The van der Waals surface area contributed by atoms with Gasteiger partial charge in [-0.2, -0.15) is 5.26 Å². The molecule has 0 radical (unpaired) electrons. The SMILES string of the molecule is CC(=O)C(Cl)CC(Cl)(Cl)C#N. The molecule has 0 saturated heterocycles. The van der Waals surface area contributed by atoms with E-state index in [2.05, 4.69) is 0 Å². The summed E-state index contributed by atoms with van der Waals surface area (Å²) in [6.07, 6.45) is -0.0521. The Balaban J connectivity index is 4.07. The van der Waals surface area contributed by atoms with E-state index in [4.69, 9.17) is 40.1 Å². The first-order valence-electron chi connectivity index (χ1n) is 2.82. The van der Waals surface area contributed by atoms with E-state index in [-0.39, 0.29) is 12.2 Å². The van der Waals surface area contributed by atoms with Crippen molar-refractivity contribution < 1.29 is 4.79 Å². The Hall–Kier alpha value is 0.0300. The summed E-state index contributed by atoms with van der Waals surface area (Å²) < 4.78 is -1.56. The minimum absolute atomic E-state index is 0.0521. The molecule has 62 valence electrons. The van der Waals surface area contributed by atoms with Crippen molar-refractivity contribution in [1.82, 2.24) is 0 Å². The standard InChI is InChI=1S/C6H6Cl3NO/c1-4(11)5(7)2-6(8,9)3-10/h5H,2H2,1H3. The molecule has 0 aliphatic carbocycles. The minimum atomic E-state index is -1.56. The number of hydrogen-bond acceptors (Lipinski definition) is 2. The Morgan fingerprint density at radius 1 is 1.73 bits per heavy atom. The van der Waals surface area contributed by atoms with Crippen LogP contribution in [0.25, 0.3) is 0 Å². The van der Waals surface area contributed by atoms with E-state index in [1.165, 1.54) is 6.92 Å². The normalized spacial score (nSPS) is 13.7. The van der Waals surface area contributed by atoms with Gasteiger partial charge < -0.3 is 0 Å². The zero-order chi connectivity index (χ0) is 9.07. The van der Waals surface area contributed by atoms with Crippen LogP contribution in [0.5, 0.6) is 0 Å². The van der Waals surface area contributed by atoms with Crippen molar-refractivity contribution in [2.45, 2.75) is 23.1 Å². The van der Waals surface area contributed by atoms with Crippen molar-refractivity contribution in [3.8, 4) is 6.07 Å². The van der Waals surface area contributed by atoms with Gasteiger partial charge in [-0.1, -0.05) is 23.2 Å². The Morgan fingerprint density at radius 3 is 2.45 bits per heavy atom. The van der Waals surface area contributed by atoms with Crippen LogP contribution in [0.2, 0.25) is 0 Å². The number of alkyl halides is 3. The average molecular weight is 214 g/mol. The van der Waals surface area contributed by atoms with E-state index in [1.807, 2.05) is 0 Å². The van der Waals surface area contributed by atoms with Gasteiger partial charge >= 0.3 is 0 Å². The van der Waals surface area contributed by atoms with E-state index in [1.54, 1.807) is 6.07 Å². The molecule has 0 aromatic rings. The molecule has 0 aliphatic heterocycles. The molecule has 1 atom stereocenters. The van der Waals surface area contributed by atoms with Gasteiger partial charge in [-0.25, -0.2) is 0 Å². The number of rotatable bonds is 3. The third-order valence-electron chi connectivity index (χ3n) is 1.04. The third-order valence-corrected chi connectivity index (χ3v) is 1.98. The number of hydrogen-bond donors (Lipinski definition) is 0. The maximum Gasteiger partial charge on any atom is 0.205 e. The fraction of sp³-hybridized carbons (Fsp3) is 0.667. The number of carbonyl (C=O) groups is 1. The lowest BCUT2D eigenvalue weighted by Gasteiger charge is -2.11. The number of halogens is 3. The smallest absolute Gasteiger partial charge is 0.205 e. The molecule has 0 spiro atoms. The van der Waals surface area contributed by atoms with Gasteiger partial charge in [-0.15, -0.1) is 11.6 Å². The van der Waals surface area contributed by atoms with Crippen molar-refractivity contribution in [1.29, 1.82) is 5.26 Å². The lowest BCUT2D eigenvalue weighted by molar-refractivity contribution is -0.116. The first kappa shape index (κ1) is 11.0. The zero-order valence-corrected chi connectivity index (χ0v) is 8.04. The van der Waals surface area contributed by atoms with Gasteiger partial charge in [-0.05, 0) is 6.92 Å². The molecule has 0 saturated carbocycles. The number of Topliss-reactive ketones (excluding diaryl/α,β-unsaturated/α-hetero) is 1. The van der Waals surface area contributed by atoms with Gasteiger partial charge in [-0.3, -0.25) is 4.79 Å². The fourth-order valence-corrected chi connectivity index (χ4v) is 1.11. The molecule has 2 nitrogen and oxygen atoms in total. The molecule has 0 bridgehead atoms. The minimum Gasteiger partial charge on any atom is -0.298 e. The number of ketones is 1. The van der Waals surface area contributed by atoms with E-state index >= 15 is 0 Å². The van der Waals surface area contributed by atoms with Crippen LogP contribution in [0.15, 0.2) is 0 Å². The highest BCUT2D eigenvalue weighted by molar-refractivity contribution is 6.51. The molecule has 5 heteroatoms. The third kappa shape index (κ3) is 4.47. The molecule has 0 N–H and O–H groups in total. The predicted molar refractivity (Wildman–Crippen MR) is 45.0 cm³/mol. The van der Waals surface area contributed by atoms with Crippen molar-refractivity contribution in [2.24, 2.45) is 0 Å². The van der Waals surface area contributed by atoms with Gasteiger partial charge in [0.25, 0.3) is 0 Å². The van der Waals surface area contributed by atoms with Crippen molar-refractivity contribution in [3.05, 3.63) is 0 Å². The first-order chi connectivity index (χ1) is 4.89. The summed E-state index contributed by atoms with van der Waals surface area (Å²) in [5, 5.41) is 7.55. The van der Waals surface area contributed by atoms with Gasteiger partial charge in [0.1, 0.15) is 11.9 Å². The lowest BCUT2D eigenvalue weighted by atomic mass is 10.2. The Morgan fingerprint density at radius 2 is 2.18 bits per heavy atom. The van der Waals surface area contributed by atoms with Crippen molar-refractivity contribution >= 4 is 40.6 Å². The Kier molecular flexibility index (Phi) is 4.17.